The summed E-state index contributed by atoms with van der Waals surface area (Å²) in [6, 6.07) is 0. The zero-order valence-electron chi connectivity index (χ0n) is 11.7. The molecule has 0 aromatic carbocycles. The van der Waals surface area contributed by atoms with Crippen LogP contribution >= 0.6 is 0 Å². The second kappa shape index (κ2) is 4.06. The summed E-state index contributed by atoms with van der Waals surface area (Å²) in [5, 5.41) is 21.1. The highest BCUT2D eigenvalue weighted by Gasteiger charge is 2.58. The quantitative estimate of drug-likeness (QED) is 0.512. The number of rotatable bonds is 0. The van der Waals surface area contributed by atoms with Gasteiger partial charge in [0.1, 0.15) is 6.10 Å². The van der Waals surface area contributed by atoms with Crippen molar-refractivity contribution >= 4 is 5.97 Å². The Kier molecular flexibility index (Phi) is 2.81. The second-order valence-electron chi connectivity index (χ2n) is 6.71. The Hall–Kier alpha value is -0.870. The van der Waals surface area contributed by atoms with Crippen molar-refractivity contribution in [1.29, 1.82) is 0 Å². The first-order valence-electron chi connectivity index (χ1n) is 7.10. The summed E-state index contributed by atoms with van der Waals surface area (Å²) in [6.45, 7) is 5.65. The van der Waals surface area contributed by atoms with Crippen LogP contribution in [0.15, 0.2) is 11.6 Å². The van der Waals surface area contributed by atoms with Crippen LogP contribution in [0.25, 0.3) is 0 Å². The number of carbonyl (C=O) groups is 1. The summed E-state index contributed by atoms with van der Waals surface area (Å²) in [5.41, 5.74) is 0.269. The molecular formula is C15H22O4. The molecule has 106 valence electrons. The number of esters is 1. The predicted octanol–water partition coefficient (Wildman–Crippen LogP) is 1.26. The average Bonchev–Trinajstić information content (AvgIpc) is 2.78. The van der Waals surface area contributed by atoms with Crippen LogP contribution in [0, 0.1) is 23.7 Å². The van der Waals surface area contributed by atoms with E-state index in [1.165, 1.54) is 5.57 Å². The summed E-state index contributed by atoms with van der Waals surface area (Å²) < 4.78 is 5.55. The van der Waals surface area contributed by atoms with Gasteiger partial charge in [0.25, 0.3) is 0 Å². The van der Waals surface area contributed by atoms with Crippen molar-refractivity contribution < 1.29 is 19.7 Å². The molecule has 1 heterocycles. The van der Waals surface area contributed by atoms with Crippen LogP contribution in [-0.4, -0.2) is 34.0 Å². The van der Waals surface area contributed by atoms with Gasteiger partial charge in [0.2, 0.25) is 0 Å². The first-order chi connectivity index (χ1) is 8.83. The molecule has 0 amide bonds. The van der Waals surface area contributed by atoms with Crippen molar-refractivity contribution in [2.45, 2.75) is 51.4 Å². The molecule has 2 N–H and O–H groups in total. The smallest absolute Gasteiger partial charge is 0.309 e. The number of allylic oxidation sites excluding steroid dienone is 1. The van der Waals surface area contributed by atoms with Crippen LogP contribution < -0.4 is 0 Å². The Morgan fingerprint density at radius 1 is 1.47 bits per heavy atom. The van der Waals surface area contributed by atoms with Gasteiger partial charge in [0.05, 0.1) is 17.6 Å². The van der Waals surface area contributed by atoms with E-state index in [1.807, 2.05) is 13.8 Å². The second-order valence-corrected chi connectivity index (χ2v) is 6.71. The predicted molar refractivity (Wildman–Crippen MR) is 69.1 cm³/mol. The highest BCUT2D eigenvalue weighted by atomic mass is 16.6. The van der Waals surface area contributed by atoms with Gasteiger partial charge in [-0.25, -0.2) is 0 Å². The third-order valence-electron chi connectivity index (χ3n) is 5.45. The van der Waals surface area contributed by atoms with Gasteiger partial charge in [-0.3, -0.25) is 4.79 Å². The Morgan fingerprint density at radius 2 is 2.16 bits per heavy atom. The minimum absolute atomic E-state index is 0.0373. The number of ether oxygens (including phenoxy) is 1. The number of fused-ring (bicyclic) bond motifs is 3. The van der Waals surface area contributed by atoms with E-state index in [0.717, 1.165) is 6.42 Å². The number of hydrogen-bond donors (Lipinski definition) is 2. The highest BCUT2D eigenvalue weighted by molar-refractivity contribution is 5.75. The van der Waals surface area contributed by atoms with Gasteiger partial charge in [-0.1, -0.05) is 18.6 Å². The minimum atomic E-state index is -0.908. The Labute approximate surface area is 113 Å². The van der Waals surface area contributed by atoms with E-state index >= 15 is 0 Å². The fraction of sp³-hybridized carbons (Fsp3) is 0.800. The molecule has 7 atom stereocenters. The lowest BCUT2D eigenvalue weighted by molar-refractivity contribution is -0.146. The van der Waals surface area contributed by atoms with E-state index in [-0.39, 0.29) is 35.7 Å². The maximum absolute atomic E-state index is 11.8. The first kappa shape index (κ1) is 13.1. The molecule has 2 aliphatic carbocycles. The van der Waals surface area contributed by atoms with Crippen molar-refractivity contribution in [1.82, 2.24) is 0 Å². The van der Waals surface area contributed by atoms with Gasteiger partial charge in [0.15, 0.2) is 0 Å². The molecule has 3 rings (SSSR count). The van der Waals surface area contributed by atoms with Gasteiger partial charge in [-0.2, -0.15) is 0 Å². The van der Waals surface area contributed by atoms with Crippen LogP contribution in [0.4, 0.5) is 0 Å². The van der Waals surface area contributed by atoms with E-state index in [0.29, 0.717) is 6.42 Å². The molecule has 0 radical (unpaired) electrons. The van der Waals surface area contributed by atoms with E-state index in [9.17, 15) is 15.0 Å². The zero-order valence-corrected chi connectivity index (χ0v) is 11.7. The van der Waals surface area contributed by atoms with Crippen LogP contribution in [0.5, 0.6) is 0 Å². The summed E-state index contributed by atoms with van der Waals surface area (Å²) in [7, 11) is 0. The minimum Gasteiger partial charge on any atom is -0.461 e. The molecular weight excluding hydrogens is 244 g/mol. The van der Waals surface area contributed by atoms with Crippen LogP contribution in [0.3, 0.4) is 0 Å². The molecule has 4 heteroatoms. The van der Waals surface area contributed by atoms with E-state index in [2.05, 4.69) is 6.08 Å². The number of aliphatic hydroxyl groups excluding tert-OH is 1. The Bertz CT molecular complexity index is 439. The third kappa shape index (κ3) is 1.77. The van der Waals surface area contributed by atoms with Gasteiger partial charge in [-0.15, -0.1) is 0 Å². The van der Waals surface area contributed by atoms with Crippen molar-refractivity contribution in [2.24, 2.45) is 23.7 Å². The number of hydrogen-bond acceptors (Lipinski definition) is 4. The molecule has 0 aromatic heterocycles. The lowest BCUT2D eigenvalue weighted by Gasteiger charge is -2.34. The van der Waals surface area contributed by atoms with Crippen molar-refractivity contribution in [3.63, 3.8) is 0 Å². The molecule has 1 aliphatic heterocycles. The molecule has 19 heavy (non-hydrogen) atoms. The SMILES string of the molecule is CC1=CCC2C1C1OC(=O)C(C)C1C(O)CC2(C)O. The molecule has 3 aliphatic rings. The fourth-order valence-corrected chi connectivity index (χ4v) is 4.38. The molecule has 1 saturated carbocycles. The Balaban J connectivity index is 2.04. The van der Waals surface area contributed by atoms with Crippen molar-refractivity contribution in [2.75, 3.05) is 0 Å². The van der Waals surface area contributed by atoms with Crippen LogP contribution in [-0.2, 0) is 9.53 Å². The Morgan fingerprint density at radius 3 is 2.84 bits per heavy atom. The fourth-order valence-electron chi connectivity index (χ4n) is 4.38. The van der Waals surface area contributed by atoms with Gasteiger partial charge >= 0.3 is 5.97 Å². The van der Waals surface area contributed by atoms with Crippen LogP contribution in [0.1, 0.15) is 33.6 Å². The zero-order chi connectivity index (χ0) is 13.9. The van der Waals surface area contributed by atoms with E-state index in [4.69, 9.17) is 4.74 Å². The lowest BCUT2D eigenvalue weighted by Crippen LogP contribution is -2.40. The molecule has 2 fully saturated rings. The maximum atomic E-state index is 11.8. The topological polar surface area (TPSA) is 66.8 Å². The van der Waals surface area contributed by atoms with E-state index < -0.39 is 11.7 Å². The van der Waals surface area contributed by atoms with Crippen molar-refractivity contribution in [3.05, 3.63) is 11.6 Å². The van der Waals surface area contributed by atoms with Gasteiger partial charge < -0.3 is 14.9 Å². The molecule has 0 spiro atoms. The summed E-state index contributed by atoms with van der Waals surface area (Å²) >= 11 is 0. The van der Waals surface area contributed by atoms with Crippen molar-refractivity contribution in [3.8, 4) is 0 Å². The molecule has 4 nitrogen and oxygen atoms in total. The standard InChI is InChI=1S/C15H22O4/c1-7-4-5-9-11(7)13-12(8(2)14(17)19-13)10(16)6-15(9,3)18/h4,8-13,16,18H,5-6H2,1-3H3. The molecule has 0 aromatic rings. The maximum Gasteiger partial charge on any atom is 0.309 e. The normalized spacial score (nSPS) is 53.1. The molecule has 7 unspecified atom stereocenters. The average molecular weight is 266 g/mol. The van der Waals surface area contributed by atoms with E-state index in [1.54, 1.807) is 6.92 Å². The third-order valence-corrected chi connectivity index (χ3v) is 5.45. The lowest BCUT2D eigenvalue weighted by atomic mass is 9.76. The monoisotopic (exact) mass is 266 g/mol. The number of aliphatic hydroxyl groups is 2. The molecule has 1 saturated heterocycles. The summed E-state index contributed by atoms with van der Waals surface area (Å²) in [6.07, 6.45) is 2.29. The van der Waals surface area contributed by atoms with Gasteiger partial charge in [0, 0.05) is 24.2 Å². The largest absolute Gasteiger partial charge is 0.461 e. The summed E-state index contributed by atoms with van der Waals surface area (Å²) in [4.78, 5) is 11.8. The highest BCUT2D eigenvalue weighted by Crippen LogP contribution is 2.52. The first-order valence-corrected chi connectivity index (χ1v) is 7.10. The number of carbonyl (C=O) groups excluding carboxylic acids is 1. The summed E-state index contributed by atoms with van der Waals surface area (Å²) in [5.74, 6) is -0.617. The molecule has 0 bridgehead atoms. The van der Waals surface area contributed by atoms with Gasteiger partial charge in [-0.05, 0) is 20.3 Å². The van der Waals surface area contributed by atoms with Crippen LogP contribution in [0.2, 0.25) is 0 Å².